The Morgan fingerprint density at radius 3 is 3.18 bits per heavy atom. The molecule has 0 aliphatic carbocycles. The molecule has 1 aliphatic heterocycles. The van der Waals surface area contributed by atoms with E-state index < -0.39 is 6.03 Å². The van der Waals surface area contributed by atoms with Gasteiger partial charge in [-0.25, -0.2) is 4.79 Å². The number of rotatable bonds is 1. The fourth-order valence-corrected chi connectivity index (χ4v) is 1.77. The number of hydrogen-bond acceptors (Lipinski definition) is 3. The molecule has 2 amide bonds. The van der Waals surface area contributed by atoms with Crippen LogP contribution in [0.25, 0.3) is 0 Å². The Morgan fingerprint density at radius 2 is 2.73 bits per heavy atom. The highest BCUT2D eigenvalue weighted by Crippen LogP contribution is 2.20. The van der Waals surface area contributed by atoms with E-state index in [9.17, 15) is 4.79 Å². The van der Waals surface area contributed by atoms with Gasteiger partial charge < -0.3 is 10.5 Å². The Balaban J connectivity index is 2.47. The number of halogens is 1. The van der Waals surface area contributed by atoms with Gasteiger partial charge in [0.25, 0.3) is 5.23 Å². The number of carbonyl (C=O) groups is 1. The van der Waals surface area contributed by atoms with Gasteiger partial charge in [-0.15, -0.1) is 11.6 Å². The van der Waals surface area contributed by atoms with Crippen LogP contribution in [-0.4, -0.2) is 29.0 Å². The maximum absolute atomic E-state index is 10.3. The summed E-state index contributed by atoms with van der Waals surface area (Å²) >= 11 is 6.85. The van der Waals surface area contributed by atoms with Gasteiger partial charge in [-0.3, -0.25) is 0 Å². The second-order valence-corrected chi connectivity index (χ2v) is 3.20. The van der Waals surface area contributed by atoms with Gasteiger partial charge in [-0.2, -0.15) is 4.99 Å². The van der Waals surface area contributed by atoms with Gasteiger partial charge in [0, 0.05) is 5.75 Å². The quantitative estimate of drug-likeness (QED) is 0.628. The van der Waals surface area contributed by atoms with Crippen LogP contribution in [0.3, 0.4) is 0 Å². The van der Waals surface area contributed by atoms with Crippen LogP contribution in [0.1, 0.15) is 0 Å². The van der Waals surface area contributed by atoms with Crippen molar-refractivity contribution in [3.63, 3.8) is 0 Å². The monoisotopic (exact) mass is 194 g/mol. The summed E-state index contributed by atoms with van der Waals surface area (Å²) in [6.07, 6.45) is -0.0419. The predicted molar refractivity (Wildman–Crippen MR) is 45.1 cm³/mol. The van der Waals surface area contributed by atoms with Crippen molar-refractivity contribution >= 4 is 34.6 Å². The van der Waals surface area contributed by atoms with E-state index in [1.54, 1.807) is 0 Å². The number of alkyl halides is 1. The molecule has 0 saturated carbocycles. The molecule has 1 rings (SSSR count). The van der Waals surface area contributed by atoms with E-state index in [2.05, 4.69) is 4.99 Å². The van der Waals surface area contributed by atoms with Gasteiger partial charge in [0.2, 0.25) is 0 Å². The Labute approximate surface area is 73.1 Å². The van der Waals surface area contributed by atoms with Gasteiger partial charge in [0.15, 0.2) is 0 Å². The largest absolute Gasteiger partial charge is 0.467 e. The molecule has 0 aromatic rings. The zero-order valence-electron chi connectivity index (χ0n) is 5.62. The van der Waals surface area contributed by atoms with Crippen molar-refractivity contribution in [2.75, 3.05) is 11.6 Å². The molecule has 1 heterocycles. The lowest BCUT2D eigenvalue weighted by molar-refractivity contribution is 0.246. The molecule has 11 heavy (non-hydrogen) atoms. The number of nitrogens with zero attached hydrogens (tertiary/aromatic N) is 1. The maximum atomic E-state index is 10.3. The smallest absolute Gasteiger partial charge is 0.342 e. The Bertz CT molecular complexity index is 197. The number of carbonyl (C=O) groups excluding carboxylic acids is 1. The molecule has 0 aromatic heterocycles. The lowest BCUT2D eigenvalue weighted by atomic mass is 10.5. The predicted octanol–water partition coefficient (Wildman–Crippen LogP) is 0.792. The van der Waals surface area contributed by atoms with Gasteiger partial charge in [-0.1, -0.05) is 11.8 Å². The number of aliphatic imine (C=N–C) groups is 1. The zero-order valence-corrected chi connectivity index (χ0v) is 7.19. The van der Waals surface area contributed by atoms with Gasteiger partial charge in [0.05, 0.1) is 5.88 Å². The molecular weight excluding hydrogens is 188 g/mol. The van der Waals surface area contributed by atoms with Gasteiger partial charge in [-0.05, 0) is 0 Å². The van der Waals surface area contributed by atoms with Crippen LogP contribution in [0, 0.1) is 0 Å². The van der Waals surface area contributed by atoms with E-state index in [1.807, 2.05) is 0 Å². The summed E-state index contributed by atoms with van der Waals surface area (Å²) < 4.78 is 5.10. The topological polar surface area (TPSA) is 64.7 Å². The molecule has 2 N–H and O–H groups in total. The van der Waals surface area contributed by atoms with E-state index in [4.69, 9.17) is 22.1 Å². The van der Waals surface area contributed by atoms with E-state index in [0.29, 0.717) is 11.1 Å². The molecule has 0 aromatic carbocycles. The summed E-state index contributed by atoms with van der Waals surface area (Å²) in [7, 11) is 0. The van der Waals surface area contributed by atoms with Crippen molar-refractivity contribution in [3.05, 3.63) is 0 Å². The van der Waals surface area contributed by atoms with Crippen LogP contribution in [0.5, 0.6) is 0 Å². The third kappa shape index (κ3) is 2.59. The average molecular weight is 195 g/mol. The fourth-order valence-electron chi connectivity index (χ4n) is 0.599. The fraction of sp³-hybridized carbons (Fsp3) is 0.600. The number of ether oxygens (including phenoxy) is 1. The standard InChI is InChI=1S/C5H7ClN2O2S/c6-1-3-2-11-5(10-3)8-4(7)9/h3H,1-2H2,(H2,7,9)/b8-5-. The molecule has 0 radical (unpaired) electrons. The Hall–Kier alpha value is -0.420. The van der Waals surface area contributed by atoms with E-state index in [0.717, 1.165) is 5.75 Å². The SMILES string of the molecule is NC(=O)/N=C1/OC(CCl)CS1. The maximum Gasteiger partial charge on any atom is 0.342 e. The summed E-state index contributed by atoms with van der Waals surface area (Å²) in [6.45, 7) is 0. The Kier molecular flexibility index (Phi) is 3.02. The number of thioether (sulfide) groups is 1. The van der Waals surface area contributed by atoms with Crippen LogP contribution >= 0.6 is 23.4 Å². The van der Waals surface area contributed by atoms with Crippen LogP contribution in [-0.2, 0) is 4.74 Å². The lowest BCUT2D eigenvalue weighted by Crippen LogP contribution is -2.13. The lowest BCUT2D eigenvalue weighted by Gasteiger charge is -2.01. The van der Waals surface area contributed by atoms with Crippen molar-refractivity contribution in [2.24, 2.45) is 10.7 Å². The third-order valence-electron chi connectivity index (χ3n) is 1.03. The van der Waals surface area contributed by atoms with Crippen molar-refractivity contribution in [2.45, 2.75) is 6.10 Å². The van der Waals surface area contributed by atoms with Gasteiger partial charge >= 0.3 is 6.03 Å². The van der Waals surface area contributed by atoms with Crippen LogP contribution < -0.4 is 5.73 Å². The molecule has 0 bridgehead atoms. The average Bonchev–Trinajstić information content (AvgIpc) is 2.34. The third-order valence-corrected chi connectivity index (χ3v) is 2.35. The molecule has 62 valence electrons. The molecule has 1 saturated heterocycles. The summed E-state index contributed by atoms with van der Waals surface area (Å²) in [4.78, 5) is 13.7. The van der Waals surface area contributed by atoms with Crippen LogP contribution in [0.15, 0.2) is 4.99 Å². The number of hydrogen-bond donors (Lipinski definition) is 1. The van der Waals surface area contributed by atoms with Crippen LogP contribution in [0.2, 0.25) is 0 Å². The van der Waals surface area contributed by atoms with Gasteiger partial charge in [0.1, 0.15) is 6.10 Å². The first-order valence-electron chi connectivity index (χ1n) is 2.96. The summed E-state index contributed by atoms with van der Waals surface area (Å²) in [6, 6.07) is -0.734. The van der Waals surface area contributed by atoms with Crippen molar-refractivity contribution < 1.29 is 9.53 Å². The number of nitrogens with two attached hydrogens (primary N) is 1. The van der Waals surface area contributed by atoms with Crippen molar-refractivity contribution in [1.82, 2.24) is 0 Å². The van der Waals surface area contributed by atoms with Crippen LogP contribution in [0.4, 0.5) is 4.79 Å². The second-order valence-electron chi connectivity index (χ2n) is 1.92. The molecule has 1 unspecified atom stereocenters. The minimum absolute atomic E-state index is 0.0419. The number of primary amides is 1. The summed E-state index contributed by atoms with van der Waals surface area (Å²) in [5.41, 5.74) is 4.81. The normalized spacial score (nSPS) is 27.0. The van der Waals surface area contributed by atoms with Crippen molar-refractivity contribution in [3.8, 4) is 0 Å². The second kappa shape index (κ2) is 3.82. The minimum atomic E-state index is -0.734. The summed E-state index contributed by atoms with van der Waals surface area (Å²) in [5, 5.41) is 0.322. The van der Waals surface area contributed by atoms with E-state index in [-0.39, 0.29) is 6.10 Å². The Morgan fingerprint density at radius 1 is 2.00 bits per heavy atom. The van der Waals surface area contributed by atoms with E-state index in [1.165, 1.54) is 11.8 Å². The highest BCUT2D eigenvalue weighted by Gasteiger charge is 2.22. The zero-order chi connectivity index (χ0) is 8.27. The van der Waals surface area contributed by atoms with E-state index >= 15 is 0 Å². The molecule has 4 nitrogen and oxygen atoms in total. The highest BCUT2D eigenvalue weighted by atomic mass is 35.5. The first kappa shape index (κ1) is 8.67. The first-order chi connectivity index (χ1) is 5.22. The number of amides is 2. The molecular formula is C5H7ClN2O2S. The first-order valence-corrected chi connectivity index (χ1v) is 4.48. The molecule has 1 aliphatic rings. The molecule has 1 atom stereocenters. The molecule has 0 spiro atoms. The summed E-state index contributed by atoms with van der Waals surface area (Å²) in [5.74, 6) is 1.14. The molecule has 6 heteroatoms. The number of urea groups is 1. The van der Waals surface area contributed by atoms with Crippen molar-refractivity contribution in [1.29, 1.82) is 0 Å². The minimum Gasteiger partial charge on any atom is -0.467 e. The molecule has 1 fully saturated rings. The highest BCUT2D eigenvalue weighted by molar-refractivity contribution is 8.13.